The maximum Gasteiger partial charge on any atom is 0.251 e. The number of nitrogens with zero attached hydrogens (tertiary/aromatic N) is 1. The molecule has 6 heteroatoms. The van der Waals surface area contributed by atoms with Crippen LogP contribution in [0.1, 0.15) is 6.92 Å². The number of carbonyl (C=O) groups excluding carboxylic acids is 3. The summed E-state index contributed by atoms with van der Waals surface area (Å²) in [7, 11) is 0. The minimum Gasteiger partial charge on any atom is -0.339 e. The van der Waals surface area contributed by atoms with Crippen molar-refractivity contribution in [2.75, 3.05) is 13.2 Å². The number of nitrogens with one attached hydrogen (secondary N) is 2. The highest BCUT2D eigenvalue weighted by molar-refractivity contribution is 5.96. The van der Waals surface area contributed by atoms with E-state index in [-0.39, 0.29) is 30.9 Å². The summed E-state index contributed by atoms with van der Waals surface area (Å²) < 4.78 is 0. The van der Waals surface area contributed by atoms with Crippen molar-refractivity contribution in [3.8, 4) is 0 Å². The van der Waals surface area contributed by atoms with Crippen LogP contribution in [0.3, 0.4) is 0 Å². The van der Waals surface area contributed by atoms with E-state index in [1.807, 2.05) is 0 Å². The molecule has 0 atom stereocenters. The second-order valence-corrected chi connectivity index (χ2v) is 3.26. The van der Waals surface area contributed by atoms with Crippen LogP contribution in [0.2, 0.25) is 0 Å². The van der Waals surface area contributed by atoms with E-state index in [4.69, 9.17) is 0 Å². The molecule has 6 nitrogen and oxygen atoms in total. The van der Waals surface area contributed by atoms with Crippen molar-refractivity contribution in [1.29, 1.82) is 0 Å². The Labute approximate surface area is 93.0 Å². The van der Waals surface area contributed by atoms with Crippen molar-refractivity contribution >= 4 is 17.7 Å². The molecule has 1 rings (SSSR count). The predicted molar refractivity (Wildman–Crippen MR) is 56.8 cm³/mol. The molecule has 0 aromatic carbocycles. The van der Waals surface area contributed by atoms with E-state index in [0.717, 1.165) is 0 Å². The van der Waals surface area contributed by atoms with E-state index in [1.54, 1.807) is 6.08 Å². The van der Waals surface area contributed by atoms with Crippen LogP contribution in [0.4, 0.5) is 0 Å². The topological polar surface area (TPSA) is 78.5 Å². The molecular weight excluding hydrogens is 210 g/mol. The smallest absolute Gasteiger partial charge is 0.251 e. The van der Waals surface area contributed by atoms with Gasteiger partial charge in [0.15, 0.2) is 0 Å². The number of allylic oxidation sites excluding steroid dienone is 1. The molecule has 0 bridgehead atoms. The third kappa shape index (κ3) is 3.23. The highest BCUT2D eigenvalue weighted by Crippen LogP contribution is 2.11. The quantitative estimate of drug-likeness (QED) is 0.607. The normalized spacial score (nSPS) is 14.2. The lowest BCUT2D eigenvalue weighted by Gasteiger charge is -2.16. The Hall–Kier alpha value is -2.11. The first-order valence-electron chi connectivity index (χ1n) is 4.70. The van der Waals surface area contributed by atoms with Crippen LogP contribution in [0.25, 0.3) is 0 Å². The minimum atomic E-state index is -0.355. The molecule has 2 N–H and O–H groups in total. The lowest BCUT2D eigenvalue weighted by molar-refractivity contribution is -0.130. The Morgan fingerprint density at radius 2 is 2.06 bits per heavy atom. The van der Waals surface area contributed by atoms with Crippen LogP contribution in [0.5, 0.6) is 0 Å². The average Bonchev–Trinajstić information content (AvgIpc) is 2.49. The fourth-order valence-electron chi connectivity index (χ4n) is 1.14. The fourth-order valence-corrected chi connectivity index (χ4v) is 1.14. The van der Waals surface area contributed by atoms with E-state index < -0.39 is 0 Å². The van der Waals surface area contributed by atoms with Gasteiger partial charge in [-0.2, -0.15) is 0 Å². The molecule has 16 heavy (non-hydrogen) atoms. The lowest BCUT2D eigenvalue weighted by atomic mass is 10.4. The maximum atomic E-state index is 11.3. The van der Waals surface area contributed by atoms with Gasteiger partial charge in [0, 0.05) is 18.7 Å². The summed E-state index contributed by atoms with van der Waals surface area (Å²) in [4.78, 5) is 34.4. The van der Waals surface area contributed by atoms with Gasteiger partial charge in [0.25, 0.3) is 5.91 Å². The van der Waals surface area contributed by atoms with E-state index in [0.29, 0.717) is 5.70 Å². The Morgan fingerprint density at radius 3 is 2.56 bits per heavy atom. The summed E-state index contributed by atoms with van der Waals surface area (Å²) in [5.74, 6) is -0.852. The number of rotatable bonds is 4. The van der Waals surface area contributed by atoms with Gasteiger partial charge in [0.2, 0.25) is 11.8 Å². The summed E-state index contributed by atoms with van der Waals surface area (Å²) >= 11 is 0. The predicted octanol–water partition coefficient (Wildman–Crippen LogP) is -0.892. The molecule has 0 aliphatic carbocycles. The van der Waals surface area contributed by atoms with Crippen LogP contribution < -0.4 is 10.6 Å². The van der Waals surface area contributed by atoms with Gasteiger partial charge in [-0.3, -0.25) is 14.4 Å². The standard InChI is InChI=1S/C10H13N3O3/c1-7-3-4-10(16)13(7)5-9(15)12-6-11-8(2)14/h3-4H,1,5-6H2,2H3,(H,11,14)(H,12,15). The van der Waals surface area contributed by atoms with Crippen LogP contribution >= 0.6 is 0 Å². The first-order valence-corrected chi connectivity index (χ1v) is 4.70. The molecular formula is C10H13N3O3. The van der Waals surface area contributed by atoms with E-state index in [9.17, 15) is 14.4 Å². The third-order valence-electron chi connectivity index (χ3n) is 1.96. The molecule has 0 spiro atoms. The minimum absolute atomic E-state index is 0.0517. The maximum absolute atomic E-state index is 11.3. The molecule has 0 aromatic rings. The van der Waals surface area contributed by atoms with Crippen LogP contribution in [-0.4, -0.2) is 35.8 Å². The summed E-state index contributed by atoms with van der Waals surface area (Å²) in [5, 5.41) is 4.86. The van der Waals surface area contributed by atoms with Crippen LogP contribution in [-0.2, 0) is 14.4 Å². The van der Waals surface area contributed by atoms with Gasteiger partial charge in [-0.15, -0.1) is 0 Å². The highest BCUT2D eigenvalue weighted by Gasteiger charge is 2.20. The molecule has 0 saturated heterocycles. The Balaban J connectivity index is 2.32. The number of carbonyl (C=O) groups is 3. The molecule has 0 fully saturated rings. The molecule has 0 aromatic heterocycles. The van der Waals surface area contributed by atoms with E-state index in [1.165, 1.54) is 17.9 Å². The van der Waals surface area contributed by atoms with Crippen molar-refractivity contribution in [2.45, 2.75) is 6.92 Å². The molecule has 3 amide bonds. The van der Waals surface area contributed by atoms with Gasteiger partial charge in [0.05, 0.1) is 6.67 Å². The molecule has 1 heterocycles. The SMILES string of the molecule is C=C1C=CC(=O)N1CC(=O)NCNC(C)=O. The second-order valence-electron chi connectivity index (χ2n) is 3.26. The number of hydrogen-bond acceptors (Lipinski definition) is 3. The first kappa shape index (κ1) is 12.0. The Morgan fingerprint density at radius 1 is 1.38 bits per heavy atom. The molecule has 1 aliphatic heterocycles. The highest BCUT2D eigenvalue weighted by atomic mass is 16.2. The zero-order chi connectivity index (χ0) is 12.1. The first-order chi connectivity index (χ1) is 7.50. The summed E-state index contributed by atoms with van der Waals surface area (Å²) in [6.45, 7) is 4.92. The van der Waals surface area contributed by atoms with Gasteiger partial charge in [-0.05, 0) is 6.08 Å². The summed E-state index contributed by atoms with van der Waals surface area (Å²) in [5.41, 5.74) is 0.486. The van der Waals surface area contributed by atoms with Crippen molar-refractivity contribution in [1.82, 2.24) is 15.5 Å². The Bertz CT molecular complexity index is 356. The van der Waals surface area contributed by atoms with Gasteiger partial charge in [-0.1, -0.05) is 6.58 Å². The molecule has 86 valence electrons. The van der Waals surface area contributed by atoms with E-state index in [2.05, 4.69) is 17.2 Å². The molecule has 1 aliphatic rings. The molecule has 0 unspecified atom stereocenters. The van der Waals surface area contributed by atoms with Crippen molar-refractivity contribution in [3.63, 3.8) is 0 Å². The summed E-state index contributed by atoms with van der Waals surface area (Å²) in [6, 6.07) is 0. The van der Waals surface area contributed by atoms with Crippen molar-refractivity contribution in [3.05, 3.63) is 24.4 Å². The van der Waals surface area contributed by atoms with Gasteiger partial charge in [-0.25, -0.2) is 0 Å². The van der Waals surface area contributed by atoms with E-state index >= 15 is 0 Å². The number of hydrogen-bond donors (Lipinski definition) is 2. The molecule has 0 saturated carbocycles. The zero-order valence-electron chi connectivity index (χ0n) is 8.95. The van der Waals surface area contributed by atoms with Gasteiger partial charge < -0.3 is 15.5 Å². The van der Waals surface area contributed by atoms with Gasteiger partial charge in [0.1, 0.15) is 6.54 Å². The lowest BCUT2D eigenvalue weighted by Crippen LogP contribution is -2.42. The monoisotopic (exact) mass is 223 g/mol. The van der Waals surface area contributed by atoms with Gasteiger partial charge >= 0.3 is 0 Å². The fraction of sp³-hybridized carbons (Fsp3) is 0.300. The van der Waals surface area contributed by atoms with Crippen molar-refractivity contribution < 1.29 is 14.4 Å². The molecule has 0 radical (unpaired) electrons. The number of amides is 3. The van der Waals surface area contributed by atoms with Crippen LogP contribution in [0, 0.1) is 0 Å². The van der Waals surface area contributed by atoms with Crippen molar-refractivity contribution in [2.24, 2.45) is 0 Å². The van der Waals surface area contributed by atoms with Crippen LogP contribution in [0.15, 0.2) is 24.4 Å². The average molecular weight is 223 g/mol. The Kier molecular flexibility index (Phi) is 3.82. The third-order valence-corrected chi connectivity index (χ3v) is 1.96. The summed E-state index contributed by atoms with van der Waals surface area (Å²) in [6.07, 6.45) is 2.90. The largest absolute Gasteiger partial charge is 0.339 e. The second kappa shape index (κ2) is 5.11. The zero-order valence-corrected chi connectivity index (χ0v) is 8.95.